The van der Waals surface area contributed by atoms with E-state index in [1.54, 1.807) is 18.2 Å². The number of aromatic nitrogens is 2. The molecule has 1 heterocycles. The first-order chi connectivity index (χ1) is 7.63. The first kappa shape index (κ1) is 11.4. The van der Waals surface area contributed by atoms with E-state index in [0.717, 1.165) is 4.47 Å². The fourth-order valence-corrected chi connectivity index (χ4v) is 2.05. The minimum atomic E-state index is -0.156. The molecule has 0 saturated carbocycles. The van der Waals surface area contributed by atoms with Gasteiger partial charge >= 0.3 is 0 Å². The lowest BCUT2D eigenvalue weighted by molar-refractivity contribution is 0.769. The molecule has 1 aromatic heterocycles. The Labute approximate surface area is 105 Å². The van der Waals surface area contributed by atoms with Crippen molar-refractivity contribution < 1.29 is 0 Å². The van der Waals surface area contributed by atoms with Crippen molar-refractivity contribution in [2.45, 2.75) is 6.54 Å². The third kappa shape index (κ3) is 1.90. The number of fused-ring (bicyclic) bond motifs is 1. The van der Waals surface area contributed by atoms with Gasteiger partial charge in [0.05, 0.1) is 10.9 Å². The predicted octanol–water partition coefficient (Wildman–Crippen LogP) is 3.00. The molecule has 3 nitrogen and oxygen atoms in total. The number of allylic oxidation sites excluding steroid dienone is 1. The summed E-state index contributed by atoms with van der Waals surface area (Å²) in [6.07, 6.45) is 1.61. The maximum atomic E-state index is 12.1. The number of hydrogen-bond donors (Lipinski definition) is 0. The van der Waals surface area contributed by atoms with Crippen molar-refractivity contribution in [3.05, 3.63) is 51.0 Å². The van der Waals surface area contributed by atoms with E-state index < -0.39 is 0 Å². The molecule has 0 radical (unpaired) electrons. The quantitative estimate of drug-likeness (QED) is 0.631. The molecule has 0 unspecified atom stereocenters. The molecule has 2 aromatic rings. The van der Waals surface area contributed by atoms with Crippen LogP contribution in [0.1, 0.15) is 0 Å². The van der Waals surface area contributed by atoms with Crippen LogP contribution in [0, 0.1) is 0 Å². The zero-order chi connectivity index (χ0) is 11.7. The van der Waals surface area contributed by atoms with Gasteiger partial charge in [-0.2, -0.15) is 0 Å². The average molecular weight is 300 g/mol. The summed E-state index contributed by atoms with van der Waals surface area (Å²) in [6.45, 7) is 3.93. The second kappa shape index (κ2) is 4.39. The second-order valence-corrected chi connectivity index (χ2v) is 4.50. The van der Waals surface area contributed by atoms with Gasteiger partial charge in [0, 0.05) is 11.0 Å². The van der Waals surface area contributed by atoms with E-state index in [9.17, 15) is 4.79 Å². The lowest BCUT2D eigenvalue weighted by atomic mass is 10.2. The van der Waals surface area contributed by atoms with Gasteiger partial charge in [-0.05, 0) is 29.8 Å². The first-order valence-electron chi connectivity index (χ1n) is 4.60. The highest BCUT2D eigenvalue weighted by atomic mass is 79.9. The zero-order valence-corrected chi connectivity index (χ0v) is 10.6. The smallest absolute Gasteiger partial charge is 0.262 e. The van der Waals surface area contributed by atoms with Gasteiger partial charge in [0.15, 0.2) is 0 Å². The summed E-state index contributed by atoms with van der Waals surface area (Å²) in [6, 6.07) is 5.31. The van der Waals surface area contributed by atoms with Gasteiger partial charge in [-0.1, -0.05) is 22.0 Å². The summed E-state index contributed by atoms with van der Waals surface area (Å²) in [5.74, 6) is 0. The summed E-state index contributed by atoms with van der Waals surface area (Å²) < 4.78 is 2.22. The highest BCUT2D eigenvalue weighted by Gasteiger charge is 2.08. The molecule has 1 aromatic carbocycles. The lowest BCUT2D eigenvalue weighted by Gasteiger charge is -2.06. The lowest BCUT2D eigenvalue weighted by Crippen LogP contribution is -2.21. The third-order valence-corrected chi connectivity index (χ3v) is 2.96. The molecule has 0 amide bonds. The second-order valence-electron chi connectivity index (χ2n) is 3.25. The van der Waals surface area contributed by atoms with E-state index in [-0.39, 0.29) is 10.8 Å². The number of halogens is 2. The van der Waals surface area contributed by atoms with Crippen LogP contribution in [0.3, 0.4) is 0 Å². The van der Waals surface area contributed by atoms with Crippen LogP contribution < -0.4 is 5.56 Å². The number of hydrogen-bond acceptors (Lipinski definition) is 2. The third-order valence-electron chi connectivity index (χ3n) is 2.18. The van der Waals surface area contributed by atoms with Gasteiger partial charge in [0.25, 0.3) is 5.56 Å². The molecular formula is C11H8BrClN2O. The fraction of sp³-hybridized carbons (Fsp3) is 0.0909. The van der Waals surface area contributed by atoms with Crippen LogP contribution >= 0.6 is 27.5 Å². The van der Waals surface area contributed by atoms with Gasteiger partial charge < -0.3 is 0 Å². The summed E-state index contributed by atoms with van der Waals surface area (Å²) in [5.41, 5.74) is 0.440. The number of nitrogens with zero attached hydrogens (tertiary/aromatic N) is 2. The molecule has 0 fully saturated rings. The van der Waals surface area contributed by atoms with Gasteiger partial charge in [-0.25, -0.2) is 4.98 Å². The molecule has 2 rings (SSSR count). The monoisotopic (exact) mass is 298 g/mol. The topological polar surface area (TPSA) is 34.9 Å². The molecule has 0 atom stereocenters. The summed E-state index contributed by atoms with van der Waals surface area (Å²) in [7, 11) is 0. The van der Waals surface area contributed by atoms with Crippen LogP contribution in [-0.4, -0.2) is 9.55 Å². The Morgan fingerprint density at radius 2 is 2.31 bits per heavy atom. The molecule has 0 aliphatic rings. The van der Waals surface area contributed by atoms with Gasteiger partial charge in [-0.3, -0.25) is 9.36 Å². The van der Waals surface area contributed by atoms with Crippen LogP contribution in [0.25, 0.3) is 10.9 Å². The van der Waals surface area contributed by atoms with Gasteiger partial charge in [0.2, 0.25) is 5.28 Å². The highest BCUT2D eigenvalue weighted by molar-refractivity contribution is 9.10. The number of benzene rings is 1. The molecule has 82 valence electrons. The molecule has 0 aliphatic carbocycles. The Balaban J connectivity index is 2.85. The maximum Gasteiger partial charge on any atom is 0.262 e. The van der Waals surface area contributed by atoms with E-state index >= 15 is 0 Å². The molecule has 16 heavy (non-hydrogen) atoms. The Morgan fingerprint density at radius 3 is 3.00 bits per heavy atom. The van der Waals surface area contributed by atoms with Crippen molar-refractivity contribution in [1.82, 2.24) is 9.55 Å². The minimum Gasteiger partial charge on any atom is -0.279 e. The van der Waals surface area contributed by atoms with E-state index in [0.29, 0.717) is 17.4 Å². The molecule has 0 spiro atoms. The molecular weight excluding hydrogens is 291 g/mol. The van der Waals surface area contributed by atoms with Crippen molar-refractivity contribution in [1.29, 1.82) is 0 Å². The fourth-order valence-electron chi connectivity index (χ4n) is 1.45. The van der Waals surface area contributed by atoms with Crippen molar-refractivity contribution in [2.75, 3.05) is 0 Å². The Bertz CT molecular complexity index is 621. The van der Waals surface area contributed by atoms with E-state index in [4.69, 9.17) is 11.6 Å². The van der Waals surface area contributed by atoms with Gasteiger partial charge in [-0.15, -0.1) is 6.58 Å². The van der Waals surface area contributed by atoms with Crippen molar-refractivity contribution in [3.8, 4) is 0 Å². The van der Waals surface area contributed by atoms with Gasteiger partial charge in [0.1, 0.15) is 0 Å². The summed E-state index contributed by atoms with van der Waals surface area (Å²) >= 11 is 9.24. The van der Waals surface area contributed by atoms with Crippen molar-refractivity contribution in [2.24, 2.45) is 0 Å². The Hall–Kier alpha value is -1.13. The van der Waals surface area contributed by atoms with E-state index in [1.165, 1.54) is 4.57 Å². The van der Waals surface area contributed by atoms with E-state index in [1.807, 2.05) is 6.07 Å². The largest absolute Gasteiger partial charge is 0.279 e. The Kier molecular flexibility index (Phi) is 3.12. The minimum absolute atomic E-state index is 0.156. The normalized spacial score (nSPS) is 10.6. The van der Waals surface area contributed by atoms with E-state index in [2.05, 4.69) is 27.5 Å². The Morgan fingerprint density at radius 1 is 1.56 bits per heavy atom. The first-order valence-corrected chi connectivity index (χ1v) is 5.77. The summed E-state index contributed by atoms with van der Waals surface area (Å²) in [4.78, 5) is 16.2. The van der Waals surface area contributed by atoms with Crippen molar-refractivity contribution in [3.63, 3.8) is 0 Å². The maximum absolute atomic E-state index is 12.1. The number of rotatable bonds is 2. The molecule has 0 bridgehead atoms. The van der Waals surface area contributed by atoms with Crippen molar-refractivity contribution >= 4 is 38.4 Å². The average Bonchev–Trinajstić information content (AvgIpc) is 2.26. The standard InChI is InChI=1S/C11H8BrClN2O/c1-2-5-15-10(16)8-6-7(12)3-4-9(8)14-11(15)13/h2-4,6H,1,5H2. The molecule has 0 saturated heterocycles. The predicted molar refractivity (Wildman–Crippen MR) is 68.9 cm³/mol. The SMILES string of the molecule is C=CCn1c(Cl)nc2ccc(Br)cc2c1=O. The van der Waals surface area contributed by atoms with Crippen LogP contribution in [0.15, 0.2) is 40.1 Å². The van der Waals surface area contributed by atoms with Crippen LogP contribution in [0.5, 0.6) is 0 Å². The molecule has 0 N–H and O–H groups in total. The van der Waals surface area contributed by atoms with Crippen LogP contribution in [0.2, 0.25) is 5.28 Å². The van der Waals surface area contributed by atoms with Crippen LogP contribution in [0.4, 0.5) is 0 Å². The molecule has 5 heteroatoms. The zero-order valence-electron chi connectivity index (χ0n) is 8.28. The summed E-state index contributed by atoms with van der Waals surface area (Å²) in [5, 5.41) is 0.723. The van der Waals surface area contributed by atoms with Crippen LogP contribution in [-0.2, 0) is 6.54 Å². The molecule has 0 aliphatic heterocycles. The highest BCUT2D eigenvalue weighted by Crippen LogP contribution is 2.17.